The van der Waals surface area contributed by atoms with E-state index in [1.165, 1.54) is 11.1 Å². The molecule has 80 valence electrons. The van der Waals surface area contributed by atoms with E-state index in [1.54, 1.807) is 6.08 Å². The smallest absolute Gasteiger partial charge is 0.0178 e. The van der Waals surface area contributed by atoms with Crippen molar-refractivity contribution in [2.24, 2.45) is 0 Å². The molecule has 0 aromatic heterocycles. The Morgan fingerprint density at radius 2 is 1.81 bits per heavy atom. The average Bonchev–Trinajstić information content (AvgIpc) is 2.60. The van der Waals surface area contributed by atoms with Crippen molar-refractivity contribution in [3.05, 3.63) is 84.7 Å². The van der Waals surface area contributed by atoms with Crippen LogP contribution in [-0.4, -0.2) is 0 Å². The van der Waals surface area contributed by atoms with Gasteiger partial charge in [-0.25, -0.2) is 0 Å². The van der Waals surface area contributed by atoms with Crippen LogP contribution in [-0.2, 0) is 0 Å². The van der Waals surface area contributed by atoms with Gasteiger partial charge >= 0.3 is 0 Å². The summed E-state index contributed by atoms with van der Waals surface area (Å²) in [6, 6.07) is 10.3. The van der Waals surface area contributed by atoms with Crippen LogP contribution >= 0.6 is 0 Å². The van der Waals surface area contributed by atoms with Gasteiger partial charge in [-0.2, -0.15) is 0 Å². The quantitative estimate of drug-likeness (QED) is 0.469. The Morgan fingerprint density at radius 3 is 2.50 bits per heavy atom. The lowest BCUT2D eigenvalue weighted by Gasteiger charge is -1.99. The van der Waals surface area contributed by atoms with E-state index in [9.17, 15) is 0 Å². The van der Waals surface area contributed by atoms with Crippen molar-refractivity contribution >= 4 is 5.57 Å². The first-order valence-electron chi connectivity index (χ1n) is 5.30. The predicted molar refractivity (Wildman–Crippen MR) is 72.1 cm³/mol. The molecule has 0 saturated carbocycles. The van der Waals surface area contributed by atoms with Crippen molar-refractivity contribution in [3.63, 3.8) is 0 Å². The summed E-state index contributed by atoms with van der Waals surface area (Å²) in [5, 5.41) is 0. The van der Waals surface area contributed by atoms with Crippen molar-refractivity contribution in [1.29, 1.82) is 0 Å². The molecule has 0 amide bonds. The van der Waals surface area contributed by atoms with Crippen molar-refractivity contribution in [3.8, 4) is 0 Å². The molecule has 1 aliphatic carbocycles. The highest BCUT2D eigenvalue weighted by Gasteiger charge is 1.94. The van der Waals surface area contributed by atoms with Crippen LogP contribution < -0.4 is 0 Å². The molecule has 0 heterocycles. The van der Waals surface area contributed by atoms with Crippen LogP contribution in [0.15, 0.2) is 79.1 Å². The molecule has 0 aliphatic heterocycles. The number of hydrogen-bond donors (Lipinski definition) is 0. The number of benzene rings is 1. The third-order valence-electron chi connectivity index (χ3n) is 1.93. The average molecular weight is 208 g/mol. The maximum absolute atomic E-state index is 3.36. The largest absolute Gasteiger partial charge is 0.121 e. The number of rotatable bonds is 1. The topological polar surface area (TPSA) is 0 Å². The Hall–Kier alpha value is -2.04. The summed E-state index contributed by atoms with van der Waals surface area (Å²) in [6.45, 7) is 5.25. The molecule has 0 N–H and O–H groups in total. The lowest BCUT2D eigenvalue weighted by molar-refractivity contribution is 1.62. The Kier molecular flexibility index (Phi) is 5.47. The maximum atomic E-state index is 3.36. The van der Waals surface area contributed by atoms with Crippen LogP contribution in [0, 0.1) is 0 Å². The zero-order valence-electron chi connectivity index (χ0n) is 9.56. The predicted octanol–water partition coefficient (Wildman–Crippen LogP) is 4.54. The molecule has 0 heteroatoms. The van der Waals surface area contributed by atoms with Gasteiger partial charge in [0.1, 0.15) is 0 Å². The lowest BCUT2D eigenvalue weighted by atomic mass is 10.1. The molecule has 0 bridgehead atoms. The van der Waals surface area contributed by atoms with Crippen molar-refractivity contribution < 1.29 is 0 Å². The Balaban J connectivity index is 0.000000386. The maximum Gasteiger partial charge on any atom is -0.0178 e. The monoisotopic (exact) mass is 208 g/mol. The minimum absolute atomic E-state index is 1.22. The molecule has 0 saturated heterocycles. The van der Waals surface area contributed by atoms with Crippen molar-refractivity contribution in [2.45, 2.75) is 6.92 Å². The Morgan fingerprint density at radius 1 is 1.12 bits per heavy atom. The molecular formula is C16H16. The lowest BCUT2D eigenvalue weighted by Crippen LogP contribution is -1.77. The molecule has 1 aliphatic rings. The molecule has 0 unspecified atom stereocenters. The third-order valence-corrected chi connectivity index (χ3v) is 1.93. The summed E-state index contributed by atoms with van der Waals surface area (Å²) >= 11 is 0. The first-order valence-corrected chi connectivity index (χ1v) is 5.30. The molecule has 0 spiro atoms. The molecule has 16 heavy (non-hydrogen) atoms. The molecule has 2 rings (SSSR count). The summed E-state index contributed by atoms with van der Waals surface area (Å²) in [5.41, 5.74) is 5.50. The van der Waals surface area contributed by atoms with Gasteiger partial charge in [0.25, 0.3) is 0 Å². The van der Waals surface area contributed by atoms with E-state index < -0.39 is 0 Å². The van der Waals surface area contributed by atoms with Gasteiger partial charge in [0, 0.05) is 0 Å². The second-order valence-electron chi connectivity index (χ2n) is 3.26. The molecule has 1 aromatic carbocycles. The van der Waals surface area contributed by atoms with Crippen molar-refractivity contribution in [1.82, 2.24) is 0 Å². The summed E-state index contributed by atoms with van der Waals surface area (Å²) < 4.78 is 0. The fraction of sp³-hybridized carbons (Fsp3) is 0.0625. The van der Waals surface area contributed by atoms with Gasteiger partial charge in [0.05, 0.1) is 0 Å². The molecule has 1 aromatic rings. The minimum Gasteiger partial charge on any atom is -0.121 e. The van der Waals surface area contributed by atoms with E-state index in [4.69, 9.17) is 0 Å². The van der Waals surface area contributed by atoms with E-state index in [-0.39, 0.29) is 0 Å². The Bertz CT molecular complexity index is 438. The second kappa shape index (κ2) is 7.28. The summed E-state index contributed by atoms with van der Waals surface area (Å²) in [7, 11) is 0. The molecule has 0 nitrogen and oxygen atoms in total. The van der Waals surface area contributed by atoms with Gasteiger partial charge in [-0.05, 0) is 36.3 Å². The summed E-state index contributed by atoms with van der Waals surface area (Å²) in [4.78, 5) is 0. The van der Waals surface area contributed by atoms with Crippen LogP contribution in [0.1, 0.15) is 12.5 Å². The molecular weight excluding hydrogens is 192 g/mol. The standard InChI is InChI=1S/C13H10.C3H6/c1-2-5-9-12(8-4-1)13-10-6-3-7-11-13;1-3-2/h1,3-11H;3H,1H2,2H3. The van der Waals surface area contributed by atoms with Crippen molar-refractivity contribution in [2.75, 3.05) is 0 Å². The molecule has 0 radical (unpaired) electrons. The highest BCUT2D eigenvalue weighted by molar-refractivity contribution is 5.75. The van der Waals surface area contributed by atoms with Gasteiger partial charge in [0.2, 0.25) is 0 Å². The van der Waals surface area contributed by atoms with E-state index >= 15 is 0 Å². The highest BCUT2D eigenvalue weighted by atomic mass is 14.0. The second-order valence-corrected chi connectivity index (χ2v) is 3.26. The fourth-order valence-electron chi connectivity index (χ4n) is 1.28. The van der Waals surface area contributed by atoms with Crippen LogP contribution in [0.4, 0.5) is 0 Å². The van der Waals surface area contributed by atoms with Gasteiger partial charge in [0.15, 0.2) is 0 Å². The van der Waals surface area contributed by atoms with E-state index in [2.05, 4.69) is 36.6 Å². The van der Waals surface area contributed by atoms with E-state index in [1.807, 2.05) is 43.4 Å². The minimum atomic E-state index is 1.22. The molecule has 0 atom stereocenters. The molecule has 0 fully saturated rings. The summed E-state index contributed by atoms with van der Waals surface area (Å²) in [5.74, 6) is 0. The SMILES string of the molecule is C1=CC=CC(c2ccccc2)=CC=1.C=CC. The van der Waals surface area contributed by atoms with Crippen LogP contribution in [0.25, 0.3) is 5.57 Å². The first-order chi connectivity index (χ1) is 7.88. The fourth-order valence-corrected chi connectivity index (χ4v) is 1.28. The zero-order chi connectivity index (χ0) is 11.6. The Labute approximate surface area is 97.6 Å². The van der Waals surface area contributed by atoms with Crippen LogP contribution in [0.3, 0.4) is 0 Å². The highest BCUT2D eigenvalue weighted by Crippen LogP contribution is 2.16. The summed E-state index contributed by atoms with van der Waals surface area (Å²) in [6.07, 6.45) is 11.7. The first kappa shape index (κ1) is 12.0. The van der Waals surface area contributed by atoms with Gasteiger partial charge in [-0.15, -0.1) is 12.3 Å². The van der Waals surface area contributed by atoms with E-state index in [0.29, 0.717) is 0 Å². The van der Waals surface area contributed by atoms with Gasteiger partial charge in [-0.3, -0.25) is 0 Å². The number of allylic oxidation sites excluding steroid dienone is 6. The number of hydrogen-bond acceptors (Lipinski definition) is 0. The third kappa shape index (κ3) is 4.00. The zero-order valence-corrected chi connectivity index (χ0v) is 9.56. The van der Waals surface area contributed by atoms with E-state index in [0.717, 1.165) is 0 Å². The van der Waals surface area contributed by atoms with Crippen LogP contribution in [0.5, 0.6) is 0 Å². The van der Waals surface area contributed by atoms with Gasteiger partial charge in [-0.1, -0.05) is 48.6 Å². The van der Waals surface area contributed by atoms with Crippen LogP contribution in [0.2, 0.25) is 0 Å². The van der Waals surface area contributed by atoms with Gasteiger partial charge < -0.3 is 0 Å². The normalized spacial score (nSPS) is 12.2.